The molecule has 19 heavy (non-hydrogen) atoms. The highest BCUT2D eigenvalue weighted by Crippen LogP contribution is 2.40. The summed E-state index contributed by atoms with van der Waals surface area (Å²) >= 11 is 1.46. The quantitative estimate of drug-likeness (QED) is 0.902. The smallest absolute Gasteiger partial charge is 0.257 e. The lowest BCUT2D eigenvalue weighted by Gasteiger charge is -2.04. The number of aryl methyl sites for hydroxylation is 1. The second-order valence-corrected chi connectivity index (χ2v) is 5.67. The van der Waals surface area contributed by atoms with Crippen LogP contribution in [0.1, 0.15) is 40.4 Å². The Labute approximate surface area is 115 Å². The Morgan fingerprint density at radius 2 is 2.26 bits per heavy atom. The molecule has 1 fully saturated rings. The van der Waals surface area contributed by atoms with Gasteiger partial charge in [-0.3, -0.25) is 10.1 Å². The molecule has 0 saturated heterocycles. The van der Waals surface area contributed by atoms with E-state index in [1.807, 2.05) is 5.38 Å². The van der Waals surface area contributed by atoms with Crippen LogP contribution in [-0.2, 0) is 0 Å². The first-order valence-electron chi connectivity index (χ1n) is 6.20. The van der Waals surface area contributed by atoms with Gasteiger partial charge in [-0.25, -0.2) is 4.98 Å². The fourth-order valence-electron chi connectivity index (χ4n) is 1.88. The summed E-state index contributed by atoms with van der Waals surface area (Å²) in [6, 6.07) is 4.80. The molecule has 0 spiro atoms. The molecule has 0 radical (unpaired) electrons. The molecule has 1 aromatic heterocycles. The number of phenolic OH excluding ortho intramolecular Hbond substituents is 1. The van der Waals surface area contributed by atoms with Crippen molar-refractivity contribution in [1.29, 1.82) is 0 Å². The number of hydrogen-bond acceptors (Lipinski definition) is 4. The van der Waals surface area contributed by atoms with Gasteiger partial charge in [0.25, 0.3) is 5.91 Å². The molecule has 98 valence electrons. The highest BCUT2D eigenvalue weighted by Gasteiger charge is 2.26. The number of benzene rings is 1. The number of thiazole rings is 1. The number of anilines is 1. The van der Waals surface area contributed by atoms with Crippen LogP contribution in [-0.4, -0.2) is 16.0 Å². The summed E-state index contributed by atoms with van der Waals surface area (Å²) in [6.07, 6.45) is 2.41. The zero-order valence-corrected chi connectivity index (χ0v) is 11.3. The van der Waals surface area contributed by atoms with Gasteiger partial charge in [-0.1, -0.05) is 0 Å². The Hall–Kier alpha value is -1.88. The molecule has 0 atom stereocenters. The molecule has 3 rings (SSSR count). The minimum atomic E-state index is -0.195. The van der Waals surface area contributed by atoms with Crippen molar-refractivity contribution in [2.24, 2.45) is 0 Å². The van der Waals surface area contributed by atoms with Gasteiger partial charge in [0.15, 0.2) is 5.13 Å². The molecule has 0 bridgehead atoms. The van der Waals surface area contributed by atoms with E-state index in [-0.39, 0.29) is 11.7 Å². The first-order valence-corrected chi connectivity index (χ1v) is 7.08. The first-order chi connectivity index (χ1) is 9.13. The summed E-state index contributed by atoms with van der Waals surface area (Å²) in [5, 5.41) is 14.9. The molecule has 2 N–H and O–H groups in total. The van der Waals surface area contributed by atoms with E-state index in [4.69, 9.17) is 0 Å². The monoisotopic (exact) mass is 274 g/mol. The van der Waals surface area contributed by atoms with Crippen molar-refractivity contribution in [2.75, 3.05) is 5.32 Å². The van der Waals surface area contributed by atoms with Crippen molar-refractivity contribution in [3.05, 3.63) is 40.4 Å². The van der Waals surface area contributed by atoms with Gasteiger partial charge in [-0.15, -0.1) is 11.3 Å². The van der Waals surface area contributed by atoms with Crippen molar-refractivity contribution in [2.45, 2.75) is 25.7 Å². The van der Waals surface area contributed by atoms with Crippen LogP contribution in [0.25, 0.3) is 0 Å². The van der Waals surface area contributed by atoms with E-state index in [0.717, 1.165) is 5.69 Å². The molecular weight excluding hydrogens is 260 g/mol. The van der Waals surface area contributed by atoms with E-state index in [1.54, 1.807) is 19.1 Å². The van der Waals surface area contributed by atoms with Gasteiger partial charge in [0.05, 0.1) is 5.69 Å². The number of aromatic hydroxyl groups is 1. The SMILES string of the molecule is Cc1cc(C(=O)Nc2nc(C3CC3)cs2)ccc1O. The Balaban J connectivity index is 1.74. The molecule has 4 nitrogen and oxygen atoms in total. The normalized spacial score (nSPS) is 14.4. The van der Waals surface area contributed by atoms with E-state index in [1.165, 1.54) is 30.2 Å². The van der Waals surface area contributed by atoms with Gasteiger partial charge in [0, 0.05) is 16.9 Å². The van der Waals surface area contributed by atoms with Crippen LogP contribution in [0.5, 0.6) is 5.75 Å². The minimum Gasteiger partial charge on any atom is -0.508 e. The van der Waals surface area contributed by atoms with Crippen LogP contribution in [0.2, 0.25) is 0 Å². The number of rotatable bonds is 3. The topological polar surface area (TPSA) is 62.2 Å². The standard InChI is InChI=1S/C14H14N2O2S/c1-8-6-10(4-5-12(8)17)13(18)16-14-15-11(7-19-14)9-2-3-9/h4-7,9,17H,2-3H2,1H3,(H,15,16,18). The predicted molar refractivity (Wildman–Crippen MR) is 74.9 cm³/mol. The number of hydrogen-bond donors (Lipinski definition) is 2. The van der Waals surface area contributed by atoms with Crippen LogP contribution in [0.4, 0.5) is 5.13 Å². The van der Waals surface area contributed by atoms with Crippen molar-refractivity contribution < 1.29 is 9.90 Å². The average molecular weight is 274 g/mol. The first kappa shape index (κ1) is 12.2. The number of nitrogens with zero attached hydrogens (tertiary/aromatic N) is 1. The Morgan fingerprint density at radius 1 is 1.47 bits per heavy atom. The molecule has 1 aliphatic carbocycles. The Morgan fingerprint density at radius 3 is 2.95 bits per heavy atom. The number of amides is 1. The second-order valence-electron chi connectivity index (χ2n) is 4.81. The van der Waals surface area contributed by atoms with Gasteiger partial charge >= 0.3 is 0 Å². The zero-order chi connectivity index (χ0) is 13.4. The van der Waals surface area contributed by atoms with Gasteiger partial charge in [-0.05, 0) is 43.5 Å². The lowest BCUT2D eigenvalue weighted by molar-refractivity contribution is 0.102. The van der Waals surface area contributed by atoms with Crippen LogP contribution in [0.3, 0.4) is 0 Å². The van der Waals surface area contributed by atoms with Crippen molar-refractivity contribution in [1.82, 2.24) is 4.98 Å². The maximum atomic E-state index is 12.0. The van der Waals surface area contributed by atoms with Gasteiger partial charge in [0.1, 0.15) is 5.75 Å². The van der Waals surface area contributed by atoms with E-state index in [0.29, 0.717) is 22.2 Å². The molecule has 1 aliphatic rings. The molecule has 2 aromatic rings. The summed E-state index contributed by atoms with van der Waals surface area (Å²) < 4.78 is 0. The molecule has 5 heteroatoms. The van der Waals surface area contributed by atoms with Crippen molar-refractivity contribution in [3.8, 4) is 5.75 Å². The fourth-order valence-corrected chi connectivity index (χ4v) is 2.66. The summed E-state index contributed by atoms with van der Waals surface area (Å²) in [5.74, 6) is 0.597. The number of phenols is 1. The molecule has 1 aromatic carbocycles. The largest absolute Gasteiger partial charge is 0.508 e. The van der Waals surface area contributed by atoms with E-state index in [9.17, 15) is 9.90 Å². The van der Waals surface area contributed by atoms with E-state index in [2.05, 4.69) is 10.3 Å². The molecule has 1 amide bonds. The van der Waals surface area contributed by atoms with Crippen LogP contribution in [0.15, 0.2) is 23.6 Å². The van der Waals surface area contributed by atoms with E-state index >= 15 is 0 Å². The Kier molecular flexibility index (Phi) is 2.98. The summed E-state index contributed by atoms with van der Waals surface area (Å²) in [7, 11) is 0. The average Bonchev–Trinajstić information content (AvgIpc) is 3.14. The summed E-state index contributed by atoms with van der Waals surface area (Å²) in [4.78, 5) is 16.5. The predicted octanol–water partition coefficient (Wildman–Crippen LogP) is 3.29. The number of nitrogens with one attached hydrogen (secondary N) is 1. The summed E-state index contributed by atoms with van der Waals surface area (Å²) in [5.41, 5.74) is 2.30. The van der Waals surface area contributed by atoms with Gasteiger partial charge < -0.3 is 5.11 Å². The van der Waals surface area contributed by atoms with E-state index < -0.39 is 0 Å². The highest BCUT2D eigenvalue weighted by atomic mass is 32.1. The lowest BCUT2D eigenvalue weighted by atomic mass is 10.1. The summed E-state index contributed by atoms with van der Waals surface area (Å²) in [6.45, 7) is 1.76. The molecule has 0 aliphatic heterocycles. The highest BCUT2D eigenvalue weighted by molar-refractivity contribution is 7.14. The second kappa shape index (κ2) is 4.66. The third-order valence-corrected chi connectivity index (χ3v) is 3.97. The van der Waals surface area contributed by atoms with Crippen LogP contribution in [0, 0.1) is 6.92 Å². The maximum absolute atomic E-state index is 12.0. The molecular formula is C14H14N2O2S. The molecule has 0 unspecified atom stereocenters. The van der Waals surface area contributed by atoms with Crippen molar-refractivity contribution >= 4 is 22.4 Å². The lowest BCUT2D eigenvalue weighted by Crippen LogP contribution is -2.11. The fraction of sp³-hybridized carbons (Fsp3) is 0.286. The number of carbonyl (C=O) groups excluding carboxylic acids is 1. The van der Waals surface area contributed by atoms with Gasteiger partial charge in [-0.2, -0.15) is 0 Å². The number of carbonyl (C=O) groups is 1. The molecule has 1 heterocycles. The maximum Gasteiger partial charge on any atom is 0.257 e. The van der Waals surface area contributed by atoms with Crippen LogP contribution < -0.4 is 5.32 Å². The zero-order valence-electron chi connectivity index (χ0n) is 10.5. The molecule has 1 saturated carbocycles. The van der Waals surface area contributed by atoms with Crippen molar-refractivity contribution in [3.63, 3.8) is 0 Å². The Bertz CT molecular complexity index is 632. The third kappa shape index (κ3) is 2.61. The minimum absolute atomic E-state index is 0.195. The van der Waals surface area contributed by atoms with Gasteiger partial charge in [0.2, 0.25) is 0 Å². The third-order valence-electron chi connectivity index (χ3n) is 3.20. The number of aromatic nitrogens is 1. The van der Waals surface area contributed by atoms with Crippen LogP contribution >= 0.6 is 11.3 Å².